The molecule has 0 atom stereocenters. The van der Waals surface area contributed by atoms with Crippen LogP contribution in [0.4, 0.5) is 0 Å². The highest BCUT2D eigenvalue weighted by atomic mass is 16.5. The van der Waals surface area contributed by atoms with Crippen LogP contribution in [-0.2, 0) is 13.1 Å². The number of aromatic nitrogens is 1. The van der Waals surface area contributed by atoms with Crippen LogP contribution in [0.3, 0.4) is 0 Å². The lowest BCUT2D eigenvalue weighted by Gasteiger charge is -2.14. The van der Waals surface area contributed by atoms with Crippen LogP contribution in [0.5, 0.6) is 5.75 Å². The number of ether oxygens (including phenoxy) is 1. The molecule has 1 aromatic heterocycles. The maximum atomic E-state index is 5.85. The fourth-order valence-corrected chi connectivity index (χ4v) is 2.33. The SMILES string of the molecule is CCCOc1cc(C)ccc1CNC(=NC)NCc1nc(C)c(C)o1. The normalized spacial score (nSPS) is 11.5. The van der Waals surface area contributed by atoms with Gasteiger partial charge in [-0.05, 0) is 38.8 Å². The first-order chi connectivity index (χ1) is 12.0. The van der Waals surface area contributed by atoms with Crippen LogP contribution in [0.15, 0.2) is 27.6 Å². The molecule has 2 aromatic rings. The Morgan fingerprint density at radius 2 is 1.96 bits per heavy atom. The average Bonchev–Trinajstić information content (AvgIpc) is 2.92. The molecule has 1 aromatic carbocycles. The Morgan fingerprint density at radius 3 is 2.60 bits per heavy atom. The number of aliphatic imine (C=N–C) groups is 1. The van der Waals surface area contributed by atoms with E-state index in [2.05, 4.69) is 52.7 Å². The summed E-state index contributed by atoms with van der Waals surface area (Å²) in [7, 11) is 1.74. The van der Waals surface area contributed by atoms with Crippen LogP contribution >= 0.6 is 0 Å². The third-order valence-electron chi connectivity index (χ3n) is 3.83. The van der Waals surface area contributed by atoms with Gasteiger partial charge >= 0.3 is 0 Å². The first-order valence-electron chi connectivity index (χ1n) is 8.63. The summed E-state index contributed by atoms with van der Waals surface area (Å²) in [5, 5.41) is 6.52. The summed E-state index contributed by atoms with van der Waals surface area (Å²) in [4.78, 5) is 8.60. The van der Waals surface area contributed by atoms with Gasteiger partial charge in [0.05, 0.1) is 18.8 Å². The van der Waals surface area contributed by atoms with Crippen LogP contribution in [0, 0.1) is 20.8 Å². The lowest BCUT2D eigenvalue weighted by Crippen LogP contribution is -2.36. The van der Waals surface area contributed by atoms with E-state index in [4.69, 9.17) is 9.15 Å². The Bertz CT molecular complexity index is 703. The average molecular weight is 344 g/mol. The number of hydrogen-bond acceptors (Lipinski definition) is 4. The summed E-state index contributed by atoms with van der Waals surface area (Å²) >= 11 is 0. The summed E-state index contributed by atoms with van der Waals surface area (Å²) in [5.41, 5.74) is 3.20. The third kappa shape index (κ3) is 5.52. The molecule has 0 saturated carbocycles. The second-order valence-electron chi connectivity index (χ2n) is 5.99. The molecule has 0 bridgehead atoms. The zero-order valence-electron chi connectivity index (χ0n) is 15.8. The minimum Gasteiger partial charge on any atom is -0.493 e. The van der Waals surface area contributed by atoms with Crippen LogP contribution in [0.2, 0.25) is 0 Å². The maximum Gasteiger partial charge on any atom is 0.214 e. The van der Waals surface area contributed by atoms with Gasteiger partial charge in [0, 0.05) is 19.2 Å². The van der Waals surface area contributed by atoms with Crippen molar-refractivity contribution in [1.82, 2.24) is 15.6 Å². The number of guanidine groups is 1. The highest BCUT2D eigenvalue weighted by Crippen LogP contribution is 2.20. The van der Waals surface area contributed by atoms with Crippen LogP contribution < -0.4 is 15.4 Å². The molecule has 2 N–H and O–H groups in total. The highest BCUT2D eigenvalue weighted by Gasteiger charge is 2.08. The van der Waals surface area contributed by atoms with Crippen molar-refractivity contribution in [3.63, 3.8) is 0 Å². The number of nitrogens with zero attached hydrogens (tertiary/aromatic N) is 2. The van der Waals surface area contributed by atoms with Crippen LogP contribution in [-0.4, -0.2) is 24.6 Å². The van der Waals surface area contributed by atoms with E-state index in [9.17, 15) is 0 Å². The largest absolute Gasteiger partial charge is 0.493 e. The van der Waals surface area contributed by atoms with E-state index in [1.165, 1.54) is 5.56 Å². The Kier molecular flexibility index (Phi) is 6.86. The number of benzene rings is 1. The third-order valence-corrected chi connectivity index (χ3v) is 3.83. The number of hydrogen-bond donors (Lipinski definition) is 2. The minimum atomic E-state index is 0.488. The Hall–Kier alpha value is -2.50. The molecular weight excluding hydrogens is 316 g/mol. The van der Waals surface area contributed by atoms with Gasteiger partial charge < -0.3 is 19.8 Å². The van der Waals surface area contributed by atoms with E-state index in [1.807, 2.05) is 13.8 Å². The topological polar surface area (TPSA) is 71.7 Å². The smallest absolute Gasteiger partial charge is 0.214 e. The van der Waals surface area contributed by atoms with Gasteiger partial charge in [-0.25, -0.2) is 4.98 Å². The molecule has 0 saturated heterocycles. The molecule has 0 spiro atoms. The van der Waals surface area contributed by atoms with Crippen LogP contribution in [0.25, 0.3) is 0 Å². The van der Waals surface area contributed by atoms with Gasteiger partial charge in [-0.1, -0.05) is 19.1 Å². The van der Waals surface area contributed by atoms with Gasteiger partial charge in [-0.15, -0.1) is 0 Å². The highest BCUT2D eigenvalue weighted by molar-refractivity contribution is 5.79. The predicted molar refractivity (Wildman–Crippen MR) is 100.0 cm³/mol. The van der Waals surface area contributed by atoms with Gasteiger partial charge in [-0.3, -0.25) is 4.99 Å². The molecule has 136 valence electrons. The lowest BCUT2D eigenvalue weighted by atomic mass is 10.1. The molecule has 0 aliphatic carbocycles. The quantitative estimate of drug-likeness (QED) is 0.596. The summed E-state index contributed by atoms with van der Waals surface area (Å²) in [5.74, 6) is 3.11. The zero-order chi connectivity index (χ0) is 18.2. The Labute approximate surface area is 149 Å². The first-order valence-corrected chi connectivity index (χ1v) is 8.63. The molecule has 0 aliphatic rings. The van der Waals surface area contributed by atoms with Crippen LogP contribution in [0.1, 0.15) is 41.8 Å². The van der Waals surface area contributed by atoms with Crippen molar-refractivity contribution < 1.29 is 9.15 Å². The molecule has 25 heavy (non-hydrogen) atoms. The van der Waals surface area contributed by atoms with E-state index in [0.29, 0.717) is 31.5 Å². The molecular formula is C19H28N4O2. The molecule has 0 aliphatic heterocycles. The fraction of sp³-hybridized carbons (Fsp3) is 0.474. The molecule has 1 heterocycles. The van der Waals surface area contributed by atoms with Gasteiger partial charge in [0.15, 0.2) is 5.96 Å². The number of nitrogens with one attached hydrogen (secondary N) is 2. The number of aryl methyl sites for hydroxylation is 3. The predicted octanol–water partition coefficient (Wildman–Crippen LogP) is 3.25. The molecule has 0 unspecified atom stereocenters. The zero-order valence-corrected chi connectivity index (χ0v) is 15.8. The van der Waals surface area contributed by atoms with Gasteiger partial charge in [0.2, 0.25) is 5.89 Å². The second kappa shape index (κ2) is 9.11. The molecule has 6 nitrogen and oxygen atoms in total. The van der Waals surface area contributed by atoms with Gasteiger partial charge in [-0.2, -0.15) is 0 Å². The van der Waals surface area contributed by atoms with Crippen molar-refractivity contribution in [3.8, 4) is 5.75 Å². The van der Waals surface area contributed by atoms with Gasteiger partial charge in [0.25, 0.3) is 0 Å². The first kappa shape index (κ1) is 18.8. The summed E-state index contributed by atoms with van der Waals surface area (Å²) in [6, 6.07) is 6.24. The minimum absolute atomic E-state index is 0.488. The maximum absolute atomic E-state index is 5.85. The molecule has 0 amide bonds. The second-order valence-corrected chi connectivity index (χ2v) is 5.99. The van der Waals surface area contributed by atoms with E-state index in [-0.39, 0.29) is 0 Å². The Balaban J connectivity index is 1.94. The van der Waals surface area contributed by atoms with Crippen molar-refractivity contribution in [1.29, 1.82) is 0 Å². The number of rotatable bonds is 7. The Morgan fingerprint density at radius 1 is 1.20 bits per heavy atom. The standard InChI is InChI=1S/C19H28N4O2/c1-6-9-24-17-10-13(2)7-8-16(17)11-21-19(20-5)22-12-18-23-14(3)15(4)25-18/h7-8,10H,6,9,11-12H2,1-5H3,(H2,20,21,22). The van der Waals surface area contributed by atoms with Gasteiger partial charge in [0.1, 0.15) is 11.5 Å². The summed E-state index contributed by atoms with van der Waals surface area (Å²) in [6.45, 7) is 9.84. The van der Waals surface area contributed by atoms with E-state index in [1.54, 1.807) is 7.05 Å². The molecule has 6 heteroatoms. The summed E-state index contributed by atoms with van der Waals surface area (Å²) in [6.07, 6.45) is 0.985. The van der Waals surface area contributed by atoms with Crippen molar-refractivity contribution in [2.45, 2.75) is 47.2 Å². The molecule has 2 rings (SSSR count). The van der Waals surface area contributed by atoms with E-state index in [0.717, 1.165) is 29.2 Å². The van der Waals surface area contributed by atoms with Crippen molar-refractivity contribution in [2.24, 2.45) is 4.99 Å². The van der Waals surface area contributed by atoms with E-state index >= 15 is 0 Å². The van der Waals surface area contributed by atoms with Crippen molar-refractivity contribution in [3.05, 3.63) is 46.7 Å². The fourth-order valence-electron chi connectivity index (χ4n) is 2.33. The van der Waals surface area contributed by atoms with E-state index < -0.39 is 0 Å². The lowest BCUT2D eigenvalue weighted by molar-refractivity contribution is 0.313. The van der Waals surface area contributed by atoms with Crippen molar-refractivity contribution >= 4 is 5.96 Å². The number of oxazole rings is 1. The summed E-state index contributed by atoms with van der Waals surface area (Å²) < 4.78 is 11.4. The van der Waals surface area contributed by atoms with Crippen molar-refractivity contribution in [2.75, 3.05) is 13.7 Å². The monoisotopic (exact) mass is 344 g/mol. The molecule has 0 radical (unpaired) electrons. The molecule has 0 fully saturated rings.